The third-order valence-electron chi connectivity index (χ3n) is 5.46. The molecule has 4 rings (SSSR count). The molecule has 12 heteroatoms. The van der Waals surface area contributed by atoms with E-state index in [0.29, 0.717) is 23.5 Å². The number of aromatic nitrogens is 1. The molecule has 1 saturated heterocycles. The number of nitrogens with one attached hydrogen (secondary N) is 1. The second-order valence-electron chi connectivity index (χ2n) is 7.21. The van der Waals surface area contributed by atoms with Gasteiger partial charge in [0.15, 0.2) is 10.8 Å². The van der Waals surface area contributed by atoms with Crippen molar-refractivity contribution in [2.24, 2.45) is 0 Å². The number of thiocarbonyl (C=S) groups is 1. The number of nitriles is 1. The topological polar surface area (TPSA) is 89.3 Å². The van der Waals surface area contributed by atoms with Crippen molar-refractivity contribution in [3.8, 4) is 6.07 Å². The number of hydrogen-bond donors (Lipinski definition) is 1. The van der Waals surface area contributed by atoms with Gasteiger partial charge in [-0.3, -0.25) is 14.5 Å². The van der Waals surface area contributed by atoms with Crippen LogP contribution in [0.4, 0.5) is 28.9 Å². The van der Waals surface area contributed by atoms with Gasteiger partial charge in [0.2, 0.25) is 0 Å². The van der Waals surface area contributed by atoms with Crippen molar-refractivity contribution in [2.75, 3.05) is 16.8 Å². The Balaban J connectivity index is 1.88. The van der Waals surface area contributed by atoms with E-state index in [1.807, 2.05) is 0 Å². The van der Waals surface area contributed by atoms with Gasteiger partial charge < -0.3 is 10.2 Å². The van der Waals surface area contributed by atoms with Crippen molar-refractivity contribution in [1.82, 2.24) is 10.3 Å². The molecule has 2 fully saturated rings. The molecule has 2 aromatic rings. The maximum Gasteiger partial charge on any atom is 0.419 e. The zero-order valence-corrected chi connectivity index (χ0v) is 17.1. The molecule has 33 heavy (non-hydrogen) atoms. The van der Waals surface area contributed by atoms with Crippen LogP contribution in [0.1, 0.15) is 49.1 Å². The van der Waals surface area contributed by atoms with E-state index in [4.69, 9.17) is 25.7 Å². The highest BCUT2D eigenvalue weighted by atomic mass is 32.1. The van der Waals surface area contributed by atoms with E-state index < -0.39 is 87.9 Å². The summed E-state index contributed by atoms with van der Waals surface area (Å²) in [5.74, 6) is -3.86. The zero-order valence-electron chi connectivity index (χ0n) is 22.3. The number of pyridine rings is 1. The number of carbonyl (C=O) groups is 2. The van der Waals surface area contributed by atoms with Crippen LogP contribution in [0.3, 0.4) is 0 Å². The van der Waals surface area contributed by atoms with Crippen LogP contribution in [0.15, 0.2) is 30.4 Å². The van der Waals surface area contributed by atoms with Gasteiger partial charge >= 0.3 is 6.18 Å². The first-order chi connectivity index (χ1) is 17.9. The van der Waals surface area contributed by atoms with E-state index >= 15 is 4.39 Å². The molecule has 1 saturated carbocycles. The van der Waals surface area contributed by atoms with Gasteiger partial charge in [-0.1, -0.05) is 0 Å². The lowest BCUT2D eigenvalue weighted by atomic mass is 9.75. The summed E-state index contributed by atoms with van der Waals surface area (Å²) < 4.78 is 102. The average Bonchev–Trinajstić information content (AvgIpc) is 3.01. The molecule has 1 N–H and O–H groups in total. The zero-order chi connectivity index (χ0) is 29.2. The lowest BCUT2D eigenvalue weighted by molar-refractivity contribution is -0.138. The predicted molar refractivity (Wildman–Crippen MR) is 113 cm³/mol. The normalized spacial score (nSPS) is 20.2. The van der Waals surface area contributed by atoms with Crippen LogP contribution in [0, 0.1) is 17.1 Å². The van der Waals surface area contributed by atoms with Gasteiger partial charge in [-0.2, -0.15) is 18.4 Å². The van der Waals surface area contributed by atoms with E-state index in [0.717, 1.165) is 4.90 Å². The SMILES string of the molecule is [2H]c1cc(C(=O)NC([2H])([2H])[2H])c(F)c([2H])c1N1C(=S)N(c2cc(C(F)(F)F)c(C#N)nc2[2H])C(=O)C12CCC2. The number of hydrogen-bond acceptors (Lipinski definition) is 5. The summed E-state index contributed by atoms with van der Waals surface area (Å²) in [5.41, 5.74) is -6.47. The Hall–Kier alpha value is -3.59. The minimum Gasteiger partial charge on any atom is -0.355 e. The largest absolute Gasteiger partial charge is 0.419 e. The van der Waals surface area contributed by atoms with Crippen LogP contribution < -0.4 is 15.1 Å². The molecule has 2 amide bonds. The highest BCUT2D eigenvalue weighted by Gasteiger charge is 2.59. The summed E-state index contributed by atoms with van der Waals surface area (Å²) in [7, 11) is 0. The van der Waals surface area contributed by atoms with Crippen molar-refractivity contribution in [2.45, 2.75) is 31.0 Å². The first-order valence-electron chi connectivity index (χ1n) is 12.2. The fourth-order valence-electron chi connectivity index (χ4n) is 3.74. The fraction of sp³-hybridized carbons (Fsp3) is 0.286. The number of rotatable bonds is 3. The Morgan fingerprint density at radius 3 is 2.73 bits per heavy atom. The monoisotopic (exact) mass is 483 g/mol. The maximum absolute atomic E-state index is 15.2. The Kier molecular flexibility index (Phi) is 3.79. The highest BCUT2D eigenvalue weighted by molar-refractivity contribution is 7.81. The predicted octanol–water partition coefficient (Wildman–Crippen LogP) is 3.53. The molecule has 1 aromatic heterocycles. The summed E-state index contributed by atoms with van der Waals surface area (Å²) >= 11 is 5.36. The van der Waals surface area contributed by atoms with Gasteiger partial charge in [0, 0.05) is 16.8 Å². The molecule has 0 atom stereocenters. The Morgan fingerprint density at radius 2 is 2.15 bits per heavy atom. The highest BCUT2D eigenvalue weighted by Crippen LogP contribution is 2.48. The van der Waals surface area contributed by atoms with Crippen LogP contribution in [0.2, 0.25) is 0 Å². The molecule has 2 aliphatic rings. The molecule has 1 aliphatic carbocycles. The second-order valence-corrected chi connectivity index (χ2v) is 7.58. The number of carbonyl (C=O) groups excluding carboxylic acids is 2. The number of anilines is 2. The van der Waals surface area contributed by atoms with Gasteiger partial charge in [-0.15, -0.1) is 0 Å². The van der Waals surface area contributed by atoms with Crippen molar-refractivity contribution in [3.05, 3.63) is 53.0 Å². The molecule has 1 aromatic carbocycles. The number of benzene rings is 1. The van der Waals surface area contributed by atoms with Crippen molar-refractivity contribution >= 4 is 40.5 Å². The molecule has 1 spiro atoms. The van der Waals surface area contributed by atoms with Crippen LogP contribution in [0.25, 0.3) is 0 Å². The molecule has 2 heterocycles. The van der Waals surface area contributed by atoms with E-state index in [9.17, 15) is 22.8 Å². The molecular formula is C21H15F4N5O2S. The third kappa shape index (κ3) is 3.39. The minimum atomic E-state index is -5.07. The summed E-state index contributed by atoms with van der Waals surface area (Å²) in [6.45, 7) is -3.00. The summed E-state index contributed by atoms with van der Waals surface area (Å²) in [6.07, 6.45) is -5.43. The van der Waals surface area contributed by atoms with Gasteiger partial charge in [-0.05, 0) is 55.7 Å². The van der Waals surface area contributed by atoms with E-state index in [1.54, 1.807) is 5.32 Å². The quantitative estimate of drug-likeness (QED) is 0.531. The van der Waals surface area contributed by atoms with E-state index in [1.165, 1.54) is 6.07 Å². The van der Waals surface area contributed by atoms with Crippen molar-refractivity contribution < 1.29 is 35.4 Å². The standard InChI is InChI=1S/C21H15F4N5O2S/c1-27-17(31)13-4-3-11(8-15(13)22)30-19(33)29(18(32)20(30)5-2-6-20)12-7-14(21(23,24)25)16(9-26)28-10-12/h3-4,7-8,10H,2,5-6H2,1H3,(H,27,31)/i1D3,3D,8D,10D. The van der Waals surface area contributed by atoms with Crippen molar-refractivity contribution in [3.63, 3.8) is 0 Å². The first-order valence-corrected chi connectivity index (χ1v) is 9.65. The number of alkyl halides is 3. The summed E-state index contributed by atoms with van der Waals surface area (Å²) in [5, 5.41) is 10.0. The smallest absolute Gasteiger partial charge is 0.355 e. The second kappa shape index (κ2) is 7.77. The van der Waals surface area contributed by atoms with Gasteiger partial charge in [0.05, 0.1) is 27.1 Å². The van der Waals surface area contributed by atoms with Crippen molar-refractivity contribution in [1.29, 1.82) is 5.26 Å². The van der Waals surface area contributed by atoms with Crippen LogP contribution in [-0.4, -0.2) is 34.4 Å². The van der Waals surface area contributed by atoms with Gasteiger partial charge in [0.25, 0.3) is 11.8 Å². The van der Waals surface area contributed by atoms with Gasteiger partial charge in [-0.25, -0.2) is 9.37 Å². The Labute approximate surface area is 199 Å². The number of nitrogens with zero attached hydrogens (tertiary/aromatic N) is 4. The van der Waals surface area contributed by atoms with Gasteiger partial charge in [0.1, 0.15) is 17.4 Å². The lowest BCUT2D eigenvalue weighted by Gasteiger charge is -2.43. The molecule has 0 bridgehead atoms. The van der Waals surface area contributed by atoms with E-state index in [2.05, 4.69) is 4.98 Å². The molecule has 0 unspecified atom stereocenters. The summed E-state index contributed by atoms with van der Waals surface area (Å²) in [6, 6.07) is 0.494. The molecule has 7 nitrogen and oxygen atoms in total. The lowest BCUT2D eigenvalue weighted by Crippen LogP contribution is -2.55. The fourth-order valence-corrected chi connectivity index (χ4v) is 4.18. The first kappa shape index (κ1) is 16.1. The molecule has 170 valence electrons. The Bertz CT molecular complexity index is 1490. The molecule has 0 radical (unpaired) electrons. The van der Waals surface area contributed by atoms with Crippen LogP contribution in [0.5, 0.6) is 0 Å². The van der Waals surface area contributed by atoms with Crippen LogP contribution >= 0.6 is 12.2 Å². The van der Waals surface area contributed by atoms with Crippen LogP contribution in [-0.2, 0) is 11.0 Å². The van der Waals surface area contributed by atoms with E-state index in [-0.39, 0.29) is 12.8 Å². The Morgan fingerprint density at radius 1 is 1.42 bits per heavy atom. The summed E-state index contributed by atoms with van der Waals surface area (Å²) in [4.78, 5) is 30.7. The minimum absolute atomic E-state index is 0.0490. The maximum atomic E-state index is 15.2. The number of halogens is 4. The number of amides is 2. The molecular weight excluding hydrogens is 462 g/mol. The average molecular weight is 483 g/mol. The third-order valence-corrected chi connectivity index (χ3v) is 5.83. The molecule has 1 aliphatic heterocycles.